The molecular formula is C13H22O. The number of rotatable bonds is 2. The average molecular weight is 194 g/mol. The van der Waals surface area contributed by atoms with Crippen molar-refractivity contribution in [2.75, 3.05) is 0 Å². The van der Waals surface area contributed by atoms with Crippen LogP contribution in [0.1, 0.15) is 51.9 Å². The van der Waals surface area contributed by atoms with Gasteiger partial charge in [-0.25, -0.2) is 0 Å². The summed E-state index contributed by atoms with van der Waals surface area (Å²) in [6, 6.07) is 0. The first kappa shape index (κ1) is 9.21. The average Bonchev–Trinajstić information content (AvgIpc) is 2.58. The molecule has 80 valence electrons. The van der Waals surface area contributed by atoms with E-state index in [0.717, 1.165) is 11.8 Å². The highest BCUT2D eigenvalue weighted by Gasteiger charge is 2.51. The molecule has 1 nitrogen and oxygen atoms in total. The third kappa shape index (κ3) is 1.18. The predicted molar refractivity (Wildman–Crippen MR) is 56.9 cm³/mol. The monoisotopic (exact) mass is 194 g/mol. The van der Waals surface area contributed by atoms with Crippen molar-refractivity contribution in [3.63, 3.8) is 0 Å². The fourth-order valence-corrected chi connectivity index (χ4v) is 4.26. The van der Waals surface area contributed by atoms with Crippen molar-refractivity contribution in [3.05, 3.63) is 0 Å². The van der Waals surface area contributed by atoms with Crippen molar-refractivity contribution in [2.24, 2.45) is 23.7 Å². The number of aliphatic hydroxyl groups is 1. The van der Waals surface area contributed by atoms with Crippen molar-refractivity contribution in [1.29, 1.82) is 0 Å². The van der Waals surface area contributed by atoms with Crippen LogP contribution in [0, 0.1) is 23.7 Å². The minimum Gasteiger partial charge on any atom is -0.390 e. The second-order valence-electron chi connectivity index (χ2n) is 6.14. The molecule has 0 aromatic carbocycles. The lowest BCUT2D eigenvalue weighted by Crippen LogP contribution is -2.47. The van der Waals surface area contributed by atoms with E-state index in [2.05, 4.69) is 6.92 Å². The van der Waals surface area contributed by atoms with Gasteiger partial charge < -0.3 is 5.11 Å². The van der Waals surface area contributed by atoms with Crippen molar-refractivity contribution >= 4 is 0 Å². The maximum atomic E-state index is 10.7. The van der Waals surface area contributed by atoms with Gasteiger partial charge in [-0.15, -0.1) is 0 Å². The Morgan fingerprint density at radius 2 is 1.86 bits per heavy atom. The van der Waals surface area contributed by atoms with Gasteiger partial charge in [0.1, 0.15) is 0 Å². The summed E-state index contributed by atoms with van der Waals surface area (Å²) in [4.78, 5) is 0. The first-order valence-electron chi connectivity index (χ1n) is 6.40. The summed E-state index contributed by atoms with van der Waals surface area (Å²) < 4.78 is 0. The third-order valence-electron chi connectivity index (χ3n) is 5.42. The highest BCUT2D eigenvalue weighted by Crippen LogP contribution is 2.55. The minimum atomic E-state index is -0.321. The first-order chi connectivity index (χ1) is 6.68. The molecule has 3 aliphatic rings. The van der Waals surface area contributed by atoms with Crippen LogP contribution in [0.3, 0.4) is 0 Å². The minimum absolute atomic E-state index is 0.321. The Labute approximate surface area is 86.9 Å². The summed E-state index contributed by atoms with van der Waals surface area (Å²) in [6.07, 6.45) is 9.51. The zero-order chi connectivity index (χ0) is 9.76. The summed E-state index contributed by atoms with van der Waals surface area (Å²) in [7, 11) is 0. The Hall–Kier alpha value is -0.0400. The molecule has 3 aliphatic carbocycles. The molecule has 4 atom stereocenters. The van der Waals surface area contributed by atoms with Crippen LogP contribution >= 0.6 is 0 Å². The smallest absolute Gasteiger partial charge is 0.0678 e. The van der Waals surface area contributed by atoms with Gasteiger partial charge in [-0.1, -0.05) is 12.8 Å². The molecule has 2 bridgehead atoms. The standard InChI is InChI=1S/C13H22O/c1-13(14,11-3-2-4-11)12-8-9-5-6-10(12)7-9/h9-12,14H,2-8H2,1H3. The Morgan fingerprint density at radius 1 is 1.07 bits per heavy atom. The van der Waals surface area contributed by atoms with Gasteiger partial charge in [-0.3, -0.25) is 0 Å². The Bertz CT molecular complexity index is 229. The van der Waals surface area contributed by atoms with Crippen LogP contribution in [-0.2, 0) is 0 Å². The predicted octanol–water partition coefficient (Wildman–Crippen LogP) is 2.97. The molecule has 0 heterocycles. The molecule has 3 saturated carbocycles. The van der Waals surface area contributed by atoms with Crippen LogP contribution in [0.5, 0.6) is 0 Å². The summed E-state index contributed by atoms with van der Waals surface area (Å²) >= 11 is 0. The van der Waals surface area contributed by atoms with Crippen LogP contribution in [0.2, 0.25) is 0 Å². The van der Waals surface area contributed by atoms with Crippen molar-refractivity contribution in [2.45, 2.75) is 57.5 Å². The van der Waals surface area contributed by atoms with E-state index in [1.807, 2.05) is 0 Å². The molecule has 0 spiro atoms. The summed E-state index contributed by atoms with van der Waals surface area (Å²) in [6.45, 7) is 2.13. The molecule has 0 saturated heterocycles. The molecule has 0 aliphatic heterocycles. The van der Waals surface area contributed by atoms with Crippen LogP contribution in [0.15, 0.2) is 0 Å². The van der Waals surface area contributed by atoms with Gasteiger partial charge in [0.05, 0.1) is 5.60 Å². The fraction of sp³-hybridized carbons (Fsp3) is 1.00. The lowest BCUT2D eigenvalue weighted by atomic mass is 9.64. The first-order valence-corrected chi connectivity index (χ1v) is 6.40. The van der Waals surface area contributed by atoms with Gasteiger partial charge in [0, 0.05) is 0 Å². The van der Waals surface area contributed by atoms with Crippen LogP contribution in [0.25, 0.3) is 0 Å². The van der Waals surface area contributed by atoms with E-state index >= 15 is 0 Å². The maximum absolute atomic E-state index is 10.7. The normalized spacial score (nSPS) is 46.3. The third-order valence-corrected chi connectivity index (χ3v) is 5.42. The largest absolute Gasteiger partial charge is 0.390 e. The van der Waals surface area contributed by atoms with E-state index in [1.54, 1.807) is 0 Å². The molecule has 3 rings (SSSR count). The molecule has 0 radical (unpaired) electrons. The quantitative estimate of drug-likeness (QED) is 0.716. The van der Waals surface area contributed by atoms with E-state index in [-0.39, 0.29) is 5.60 Å². The van der Waals surface area contributed by atoms with Crippen molar-refractivity contribution in [3.8, 4) is 0 Å². The maximum Gasteiger partial charge on any atom is 0.0678 e. The lowest BCUT2D eigenvalue weighted by molar-refractivity contribution is -0.0966. The van der Waals surface area contributed by atoms with Gasteiger partial charge in [0.2, 0.25) is 0 Å². The summed E-state index contributed by atoms with van der Waals surface area (Å²) in [5.74, 6) is 3.12. The highest BCUT2D eigenvalue weighted by molar-refractivity contribution is 5.02. The molecule has 0 aromatic heterocycles. The second kappa shape index (κ2) is 2.98. The molecule has 14 heavy (non-hydrogen) atoms. The molecule has 1 N–H and O–H groups in total. The van der Waals surface area contributed by atoms with E-state index in [4.69, 9.17) is 0 Å². The molecular weight excluding hydrogens is 172 g/mol. The second-order valence-corrected chi connectivity index (χ2v) is 6.14. The van der Waals surface area contributed by atoms with E-state index in [1.165, 1.54) is 44.9 Å². The fourth-order valence-electron chi connectivity index (χ4n) is 4.26. The van der Waals surface area contributed by atoms with Gasteiger partial charge in [0.15, 0.2) is 0 Å². The zero-order valence-electron chi connectivity index (χ0n) is 9.21. The van der Waals surface area contributed by atoms with Crippen molar-refractivity contribution in [1.82, 2.24) is 0 Å². The van der Waals surface area contributed by atoms with E-state index in [9.17, 15) is 5.11 Å². The van der Waals surface area contributed by atoms with Gasteiger partial charge >= 0.3 is 0 Å². The zero-order valence-corrected chi connectivity index (χ0v) is 9.21. The van der Waals surface area contributed by atoms with Crippen LogP contribution in [-0.4, -0.2) is 10.7 Å². The van der Waals surface area contributed by atoms with Gasteiger partial charge in [-0.2, -0.15) is 0 Å². The number of fused-ring (bicyclic) bond motifs is 2. The van der Waals surface area contributed by atoms with Crippen molar-refractivity contribution < 1.29 is 5.11 Å². The van der Waals surface area contributed by atoms with Gasteiger partial charge in [0.25, 0.3) is 0 Å². The highest BCUT2D eigenvalue weighted by atomic mass is 16.3. The Morgan fingerprint density at radius 3 is 2.29 bits per heavy atom. The van der Waals surface area contributed by atoms with Gasteiger partial charge in [-0.05, 0) is 62.7 Å². The molecule has 4 unspecified atom stereocenters. The lowest BCUT2D eigenvalue weighted by Gasteiger charge is -2.45. The molecule has 0 aromatic rings. The SMILES string of the molecule is CC(O)(C1CCC1)C1CC2CCC1C2. The van der Waals surface area contributed by atoms with Crippen LogP contribution < -0.4 is 0 Å². The molecule has 3 fully saturated rings. The van der Waals surface area contributed by atoms with Crippen LogP contribution in [0.4, 0.5) is 0 Å². The summed E-state index contributed by atoms with van der Waals surface area (Å²) in [5.41, 5.74) is -0.321. The summed E-state index contributed by atoms with van der Waals surface area (Å²) in [5, 5.41) is 10.7. The number of hydrogen-bond donors (Lipinski definition) is 1. The molecule has 1 heteroatoms. The molecule has 0 amide bonds. The van der Waals surface area contributed by atoms with E-state index in [0.29, 0.717) is 11.8 Å². The Balaban J connectivity index is 1.74. The topological polar surface area (TPSA) is 20.2 Å². The van der Waals surface area contributed by atoms with E-state index < -0.39 is 0 Å². The number of hydrogen-bond acceptors (Lipinski definition) is 1. The Kier molecular flexibility index (Phi) is 1.96.